The molecule has 0 heterocycles. The van der Waals surface area contributed by atoms with E-state index < -0.39 is 5.54 Å². The monoisotopic (exact) mass is 261 g/mol. The Bertz CT molecular complexity index is 212. The van der Waals surface area contributed by atoms with E-state index in [-0.39, 0.29) is 5.97 Å². The third-order valence-electron chi connectivity index (χ3n) is 2.81. The molecule has 0 saturated carbocycles. The predicted octanol–water partition coefficient (Wildman–Crippen LogP) is 2.84. The first kappa shape index (κ1) is 16.8. The van der Waals surface area contributed by atoms with E-state index in [9.17, 15) is 4.79 Å². The number of unbranched alkanes of at least 4 members (excludes halogenated alkanes) is 1. The van der Waals surface area contributed by atoms with Crippen molar-refractivity contribution >= 4 is 17.7 Å². The minimum Gasteiger partial charge on any atom is -0.468 e. The molecule has 0 rings (SSSR count). The van der Waals surface area contributed by atoms with Crippen molar-refractivity contribution in [2.75, 3.05) is 25.2 Å². The Hall–Kier alpha value is -0.220. The third-order valence-corrected chi connectivity index (χ3v) is 3.97. The summed E-state index contributed by atoms with van der Waals surface area (Å²) in [5.41, 5.74) is -0.519. The van der Waals surface area contributed by atoms with E-state index >= 15 is 0 Å². The van der Waals surface area contributed by atoms with Gasteiger partial charge in [-0.25, -0.2) is 0 Å². The molecule has 0 aromatic rings. The van der Waals surface area contributed by atoms with Crippen LogP contribution in [0.3, 0.4) is 0 Å². The molecule has 1 N–H and O–H groups in total. The van der Waals surface area contributed by atoms with Crippen molar-refractivity contribution in [2.45, 2.75) is 52.0 Å². The lowest BCUT2D eigenvalue weighted by Crippen LogP contribution is -2.50. The Kier molecular flexibility index (Phi) is 9.65. The SMILES string of the molecule is CCCCSCCCC(C)(NCC)C(=O)OC. The van der Waals surface area contributed by atoms with Crippen molar-refractivity contribution in [2.24, 2.45) is 0 Å². The molecular weight excluding hydrogens is 234 g/mol. The molecule has 0 bridgehead atoms. The lowest BCUT2D eigenvalue weighted by molar-refractivity contribution is -0.148. The summed E-state index contributed by atoms with van der Waals surface area (Å²) in [5.74, 6) is 2.20. The fourth-order valence-corrected chi connectivity index (χ4v) is 2.80. The van der Waals surface area contributed by atoms with Gasteiger partial charge in [0.2, 0.25) is 0 Å². The maximum Gasteiger partial charge on any atom is 0.325 e. The van der Waals surface area contributed by atoms with Crippen LogP contribution in [0.5, 0.6) is 0 Å². The van der Waals surface area contributed by atoms with Gasteiger partial charge in [-0.15, -0.1) is 0 Å². The maximum absolute atomic E-state index is 11.7. The van der Waals surface area contributed by atoms with Gasteiger partial charge in [-0.1, -0.05) is 20.3 Å². The van der Waals surface area contributed by atoms with E-state index in [1.807, 2.05) is 25.6 Å². The molecule has 3 nitrogen and oxygen atoms in total. The highest BCUT2D eigenvalue weighted by Crippen LogP contribution is 2.17. The first-order valence-corrected chi connectivity index (χ1v) is 7.67. The van der Waals surface area contributed by atoms with Crippen molar-refractivity contribution in [3.05, 3.63) is 0 Å². The Balaban J connectivity index is 3.88. The van der Waals surface area contributed by atoms with E-state index in [2.05, 4.69) is 12.2 Å². The minimum atomic E-state index is -0.519. The van der Waals surface area contributed by atoms with E-state index in [0.29, 0.717) is 0 Å². The van der Waals surface area contributed by atoms with Crippen LogP contribution in [0.15, 0.2) is 0 Å². The number of rotatable bonds is 10. The number of likely N-dealkylation sites (N-methyl/N-ethyl adjacent to an activating group) is 1. The van der Waals surface area contributed by atoms with Gasteiger partial charge in [-0.3, -0.25) is 4.79 Å². The number of ether oxygens (including phenoxy) is 1. The molecule has 1 atom stereocenters. The van der Waals surface area contributed by atoms with Gasteiger partial charge >= 0.3 is 5.97 Å². The van der Waals surface area contributed by atoms with Crippen LogP contribution >= 0.6 is 11.8 Å². The van der Waals surface area contributed by atoms with Crippen LogP contribution in [0.4, 0.5) is 0 Å². The number of carbonyl (C=O) groups is 1. The molecule has 0 aromatic carbocycles. The number of nitrogens with one attached hydrogen (secondary N) is 1. The molecule has 0 aliphatic carbocycles. The quantitative estimate of drug-likeness (QED) is 0.485. The Morgan fingerprint density at radius 1 is 1.29 bits per heavy atom. The molecule has 4 heteroatoms. The molecule has 0 aliphatic rings. The van der Waals surface area contributed by atoms with Gasteiger partial charge < -0.3 is 10.1 Å². The molecular formula is C13H27NO2S. The van der Waals surface area contributed by atoms with Gasteiger partial charge in [-0.05, 0) is 44.2 Å². The zero-order valence-corrected chi connectivity index (χ0v) is 12.5. The average molecular weight is 261 g/mol. The summed E-state index contributed by atoms with van der Waals surface area (Å²) in [6.07, 6.45) is 4.43. The number of thioether (sulfide) groups is 1. The van der Waals surface area contributed by atoms with Crippen LogP contribution < -0.4 is 5.32 Å². The van der Waals surface area contributed by atoms with Crippen LogP contribution in [-0.4, -0.2) is 36.7 Å². The highest BCUT2D eigenvalue weighted by atomic mass is 32.2. The van der Waals surface area contributed by atoms with E-state index in [0.717, 1.165) is 25.1 Å². The average Bonchev–Trinajstić information content (AvgIpc) is 2.33. The highest BCUT2D eigenvalue weighted by molar-refractivity contribution is 7.99. The van der Waals surface area contributed by atoms with Gasteiger partial charge in [0.05, 0.1) is 7.11 Å². The minimum absolute atomic E-state index is 0.155. The predicted molar refractivity (Wildman–Crippen MR) is 75.6 cm³/mol. The van der Waals surface area contributed by atoms with Crippen molar-refractivity contribution in [1.82, 2.24) is 5.32 Å². The topological polar surface area (TPSA) is 38.3 Å². The molecule has 0 aliphatic heterocycles. The first-order valence-electron chi connectivity index (χ1n) is 6.52. The second-order valence-corrected chi connectivity index (χ2v) is 5.65. The molecule has 0 amide bonds. The smallest absolute Gasteiger partial charge is 0.325 e. The number of carbonyl (C=O) groups excluding carboxylic acids is 1. The van der Waals surface area contributed by atoms with Crippen LogP contribution in [0, 0.1) is 0 Å². The molecule has 0 aromatic heterocycles. The Labute approximate surface area is 110 Å². The van der Waals surface area contributed by atoms with E-state index in [1.54, 1.807) is 0 Å². The van der Waals surface area contributed by atoms with E-state index in [4.69, 9.17) is 4.74 Å². The van der Waals surface area contributed by atoms with Crippen molar-refractivity contribution in [3.8, 4) is 0 Å². The largest absolute Gasteiger partial charge is 0.468 e. The standard InChI is InChI=1S/C13H27NO2S/c1-5-7-10-17-11-8-9-13(3,14-6-2)12(15)16-4/h14H,5-11H2,1-4H3. The number of methoxy groups -OCH3 is 1. The number of hydrogen-bond acceptors (Lipinski definition) is 4. The second kappa shape index (κ2) is 9.77. The fraction of sp³-hybridized carbons (Fsp3) is 0.923. The van der Waals surface area contributed by atoms with E-state index in [1.165, 1.54) is 25.7 Å². The molecule has 1 unspecified atom stereocenters. The zero-order valence-electron chi connectivity index (χ0n) is 11.7. The maximum atomic E-state index is 11.7. The lowest BCUT2D eigenvalue weighted by Gasteiger charge is -2.27. The zero-order chi connectivity index (χ0) is 13.1. The van der Waals surface area contributed by atoms with Gasteiger partial charge in [0.15, 0.2) is 0 Å². The Morgan fingerprint density at radius 2 is 1.94 bits per heavy atom. The van der Waals surface area contributed by atoms with Crippen LogP contribution in [0.25, 0.3) is 0 Å². The van der Waals surface area contributed by atoms with Crippen LogP contribution in [-0.2, 0) is 9.53 Å². The van der Waals surface area contributed by atoms with Gasteiger partial charge in [0.25, 0.3) is 0 Å². The summed E-state index contributed by atoms with van der Waals surface area (Å²) in [7, 11) is 1.45. The Morgan fingerprint density at radius 3 is 2.47 bits per heavy atom. The summed E-state index contributed by atoms with van der Waals surface area (Å²) < 4.78 is 4.86. The molecule has 102 valence electrons. The number of hydrogen-bond donors (Lipinski definition) is 1. The van der Waals surface area contributed by atoms with Crippen LogP contribution in [0.2, 0.25) is 0 Å². The molecule has 0 fully saturated rings. The summed E-state index contributed by atoms with van der Waals surface area (Å²) in [6, 6.07) is 0. The molecule has 0 spiro atoms. The van der Waals surface area contributed by atoms with Gasteiger partial charge in [0.1, 0.15) is 5.54 Å². The molecule has 17 heavy (non-hydrogen) atoms. The normalized spacial score (nSPS) is 14.4. The molecule has 0 saturated heterocycles. The van der Waals surface area contributed by atoms with Crippen molar-refractivity contribution < 1.29 is 9.53 Å². The number of esters is 1. The summed E-state index contributed by atoms with van der Waals surface area (Å²) >= 11 is 1.98. The first-order chi connectivity index (χ1) is 8.10. The van der Waals surface area contributed by atoms with Crippen LogP contribution in [0.1, 0.15) is 46.5 Å². The van der Waals surface area contributed by atoms with Crippen molar-refractivity contribution in [3.63, 3.8) is 0 Å². The second-order valence-electron chi connectivity index (χ2n) is 4.42. The summed E-state index contributed by atoms with van der Waals surface area (Å²) in [6.45, 7) is 6.94. The van der Waals surface area contributed by atoms with Crippen molar-refractivity contribution in [1.29, 1.82) is 0 Å². The third kappa shape index (κ3) is 6.94. The molecule has 0 radical (unpaired) electrons. The summed E-state index contributed by atoms with van der Waals surface area (Å²) in [5, 5.41) is 3.23. The lowest BCUT2D eigenvalue weighted by atomic mass is 9.96. The van der Waals surface area contributed by atoms with Gasteiger partial charge in [0, 0.05) is 0 Å². The summed E-state index contributed by atoms with van der Waals surface area (Å²) in [4.78, 5) is 11.7. The highest BCUT2D eigenvalue weighted by Gasteiger charge is 2.32. The fourth-order valence-electron chi connectivity index (χ4n) is 1.75. The van der Waals surface area contributed by atoms with Gasteiger partial charge in [-0.2, -0.15) is 11.8 Å².